The summed E-state index contributed by atoms with van der Waals surface area (Å²) in [7, 11) is 0. The van der Waals surface area contributed by atoms with E-state index in [1.54, 1.807) is 12.1 Å². The third-order valence-electron chi connectivity index (χ3n) is 6.49. The van der Waals surface area contributed by atoms with Crippen LogP contribution in [0.4, 0.5) is 0 Å². The Bertz CT molecular complexity index is 1490. The molecule has 0 aliphatic rings. The van der Waals surface area contributed by atoms with Crippen molar-refractivity contribution in [2.24, 2.45) is 0 Å². The van der Waals surface area contributed by atoms with E-state index in [1.807, 2.05) is 35.0 Å². The molecule has 5 aromatic rings. The zero-order valence-electron chi connectivity index (χ0n) is 21.2. The topological polar surface area (TPSA) is 122 Å². The first-order valence-electron chi connectivity index (χ1n) is 12.8. The highest BCUT2D eigenvalue weighted by molar-refractivity contribution is 5.87. The van der Waals surface area contributed by atoms with E-state index in [1.165, 1.54) is 0 Å². The van der Waals surface area contributed by atoms with Crippen molar-refractivity contribution in [1.82, 2.24) is 35.4 Å². The highest BCUT2D eigenvalue weighted by Crippen LogP contribution is 2.29. The van der Waals surface area contributed by atoms with Gasteiger partial charge in [-0.3, -0.25) is 0 Å². The fourth-order valence-electron chi connectivity index (χ4n) is 4.42. The maximum atomic E-state index is 11.1. The highest BCUT2D eigenvalue weighted by Gasteiger charge is 2.13. The molecule has 3 aromatic carbocycles. The van der Waals surface area contributed by atoms with Gasteiger partial charge in [0.2, 0.25) is 5.82 Å². The first-order chi connectivity index (χ1) is 18.6. The number of aromatic nitrogens is 7. The third-order valence-corrected chi connectivity index (χ3v) is 6.49. The molecule has 0 aliphatic carbocycles. The summed E-state index contributed by atoms with van der Waals surface area (Å²) >= 11 is 0. The van der Waals surface area contributed by atoms with Crippen LogP contribution in [0.25, 0.3) is 22.5 Å². The highest BCUT2D eigenvalue weighted by atomic mass is 16.4. The average Bonchev–Trinajstić information content (AvgIpc) is 3.62. The Hall–Kier alpha value is -4.66. The predicted molar refractivity (Wildman–Crippen MR) is 144 cm³/mol. The molecular formula is C29H29N7O2. The number of benzene rings is 3. The number of carboxylic acid groups (broad SMARTS) is 1. The van der Waals surface area contributed by atoms with Gasteiger partial charge in [-0.15, -0.1) is 10.2 Å². The fraction of sp³-hybridized carbons (Fsp3) is 0.241. The van der Waals surface area contributed by atoms with E-state index < -0.39 is 5.97 Å². The summed E-state index contributed by atoms with van der Waals surface area (Å²) in [5.74, 6) is 1.45. The SMILES string of the molecule is CCCCc1nc(CCc2ccc(C(=O)O)cc2)n(Cc2ccc(-c3ccccc3-c3nn[nH]n3)cc2)n1. The lowest BCUT2D eigenvalue weighted by Gasteiger charge is -2.09. The Morgan fingerprint density at radius 3 is 2.32 bits per heavy atom. The van der Waals surface area contributed by atoms with Crippen molar-refractivity contribution in [3.8, 4) is 22.5 Å². The zero-order valence-corrected chi connectivity index (χ0v) is 21.2. The molecule has 0 fully saturated rings. The van der Waals surface area contributed by atoms with Crippen molar-refractivity contribution in [2.45, 2.75) is 45.6 Å². The molecule has 0 radical (unpaired) electrons. The van der Waals surface area contributed by atoms with Crippen molar-refractivity contribution in [2.75, 3.05) is 0 Å². The van der Waals surface area contributed by atoms with Gasteiger partial charge >= 0.3 is 5.97 Å². The third kappa shape index (κ3) is 5.83. The zero-order chi connectivity index (χ0) is 26.3. The number of aromatic carboxylic acids is 1. The van der Waals surface area contributed by atoms with Crippen molar-refractivity contribution in [3.63, 3.8) is 0 Å². The molecule has 0 saturated heterocycles. The number of aromatic amines is 1. The summed E-state index contributed by atoms with van der Waals surface area (Å²) in [6.07, 6.45) is 4.48. The minimum Gasteiger partial charge on any atom is -0.478 e. The molecule has 0 bridgehead atoms. The molecule has 0 amide bonds. The van der Waals surface area contributed by atoms with E-state index in [2.05, 4.69) is 57.9 Å². The number of rotatable bonds is 11. The van der Waals surface area contributed by atoms with Crippen LogP contribution >= 0.6 is 0 Å². The van der Waals surface area contributed by atoms with Gasteiger partial charge in [-0.2, -0.15) is 10.3 Å². The lowest BCUT2D eigenvalue weighted by Crippen LogP contribution is -2.08. The van der Waals surface area contributed by atoms with E-state index in [0.717, 1.165) is 71.6 Å². The number of tetrazole rings is 1. The molecule has 2 heterocycles. The maximum Gasteiger partial charge on any atom is 0.335 e. The molecule has 0 atom stereocenters. The monoisotopic (exact) mass is 507 g/mol. The molecular weight excluding hydrogens is 478 g/mol. The summed E-state index contributed by atoms with van der Waals surface area (Å²) < 4.78 is 2.00. The Labute approximate surface area is 220 Å². The van der Waals surface area contributed by atoms with Gasteiger partial charge < -0.3 is 5.11 Å². The van der Waals surface area contributed by atoms with E-state index in [-0.39, 0.29) is 0 Å². The molecule has 9 nitrogen and oxygen atoms in total. The van der Waals surface area contributed by atoms with E-state index in [9.17, 15) is 4.79 Å². The van der Waals surface area contributed by atoms with Crippen LogP contribution < -0.4 is 0 Å². The molecule has 0 unspecified atom stereocenters. The van der Waals surface area contributed by atoms with Gasteiger partial charge in [0.25, 0.3) is 0 Å². The van der Waals surface area contributed by atoms with Gasteiger partial charge in [0.1, 0.15) is 5.82 Å². The second-order valence-electron chi connectivity index (χ2n) is 9.19. The molecule has 38 heavy (non-hydrogen) atoms. The smallest absolute Gasteiger partial charge is 0.335 e. The molecule has 0 saturated carbocycles. The number of hydrogen-bond donors (Lipinski definition) is 2. The second-order valence-corrected chi connectivity index (χ2v) is 9.19. The van der Waals surface area contributed by atoms with Crippen molar-refractivity contribution in [1.29, 1.82) is 0 Å². The summed E-state index contributed by atoms with van der Waals surface area (Å²) in [4.78, 5) is 16.0. The number of carbonyl (C=O) groups is 1. The standard InChI is InChI=1S/C29H29N7O2/c1-2-3-8-26-30-27(18-13-20-9-16-23(17-10-20)29(37)38)36(33-26)19-21-11-14-22(15-12-21)24-6-4-5-7-25(24)28-31-34-35-32-28/h4-7,9-12,14-17H,2-3,8,13,18-19H2,1H3,(H,37,38)(H,31,32,34,35). The van der Waals surface area contributed by atoms with Crippen LogP contribution in [-0.2, 0) is 25.8 Å². The number of H-pyrrole nitrogens is 1. The quantitative estimate of drug-likeness (QED) is 0.258. The van der Waals surface area contributed by atoms with Crippen molar-refractivity contribution in [3.05, 3.63) is 101 Å². The van der Waals surface area contributed by atoms with E-state index in [4.69, 9.17) is 15.2 Å². The van der Waals surface area contributed by atoms with Crippen LogP contribution in [0.2, 0.25) is 0 Å². The molecule has 5 rings (SSSR count). The first kappa shape index (κ1) is 25.0. The molecule has 0 aliphatic heterocycles. The van der Waals surface area contributed by atoms with Gasteiger partial charge in [0.05, 0.1) is 12.1 Å². The molecule has 192 valence electrons. The second kappa shape index (κ2) is 11.6. The minimum absolute atomic E-state index is 0.294. The maximum absolute atomic E-state index is 11.1. The lowest BCUT2D eigenvalue weighted by molar-refractivity contribution is 0.0697. The number of aryl methyl sites for hydroxylation is 3. The number of carboxylic acids is 1. The van der Waals surface area contributed by atoms with Gasteiger partial charge in [-0.1, -0.05) is 74.0 Å². The van der Waals surface area contributed by atoms with Crippen molar-refractivity contribution >= 4 is 5.97 Å². The molecule has 2 N–H and O–H groups in total. The van der Waals surface area contributed by atoms with Crippen LogP contribution in [0.5, 0.6) is 0 Å². The first-order valence-corrected chi connectivity index (χ1v) is 12.8. The molecule has 2 aromatic heterocycles. The largest absolute Gasteiger partial charge is 0.478 e. The van der Waals surface area contributed by atoms with Crippen molar-refractivity contribution < 1.29 is 9.90 Å². The van der Waals surface area contributed by atoms with Crippen LogP contribution in [0.3, 0.4) is 0 Å². The Morgan fingerprint density at radius 2 is 1.63 bits per heavy atom. The Balaban J connectivity index is 1.34. The number of hydrogen-bond acceptors (Lipinski definition) is 6. The van der Waals surface area contributed by atoms with Crippen LogP contribution in [0, 0.1) is 0 Å². The van der Waals surface area contributed by atoms with Gasteiger partial charge in [0.15, 0.2) is 5.82 Å². The average molecular weight is 508 g/mol. The summed E-state index contributed by atoms with van der Waals surface area (Å²) in [6, 6.07) is 23.5. The summed E-state index contributed by atoms with van der Waals surface area (Å²) in [6.45, 7) is 2.79. The van der Waals surface area contributed by atoms with E-state index in [0.29, 0.717) is 17.9 Å². The Kier molecular flexibility index (Phi) is 7.63. The molecule has 0 spiro atoms. The van der Waals surface area contributed by atoms with Crippen LogP contribution in [-0.4, -0.2) is 46.5 Å². The lowest BCUT2D eigenvalue weighted by atomic mass is 9.98. The van der Waals surface area contributed by atoms with Crippen LogP contribution in [0.1, 0.15) is 52.9 Å². The van der Waals surface area contributed by atoms with Gasteiger partial charge in [-0.25, -0.2) is 14.5 Å². The number of nitrogens with one attached hydrogen (secondary N) is 1. The number of unbranched alkanes of at least 4 members (excludes halogenated alkanes) is 1. The van der Waals surface area contributed by atoms with E-state index >= 15 is 0 Å². The minimum atomic E-state index is -0.916. The summed E-state index contributed by atoms with van der Waals surface area (Å²) in [5.41, 5.74) is 5.53. The number of nitrogens with zero attached hydrogens (tertiary/aromatic N) is 6. The Morgan fingerprint density at radius 1 is 0.895 bits per heavy atom. The molecule has 9 heteroatoms. The van der Waals surface area contributed by atoms with Gasteiger partial charge in [-0.05, 0) is 52.4 Å². The predicted octanol–water partition coefficient (Wildman–Crippen LogP) is 5.00. The fourth-order valence-corrected chi connectivity index (χ4v) is 4.42. The van der Waals surface area contributed by atoms with Gasteiger partial charge in [0, 0.05) is 18.4 Å². The summed E-state index contributed by atoms with van der Waals surface area (Å²) in [5, 5.41) is 28.5. The van der Waals surface area contributed by atoms with Crippen LogP contribution in [0.15, 0.2) is 72.8 Å². The normalized spacial score (nSPS) is 11.1.